The molecule has 6 nitrogen and oxygen atoms in total. The van der Waals surface area contributed by atoms with E-state index in [1.54, 1.807) is 24.3 Å². The van der Waals surface area contributed by atoms with Gasteiger partial charge >= 0.3 is 0 Å². The molecule has 0 aromatic heterocycles. The number of ether oxygens (including phenoxy) is 1. The SMILES string of the molecule is CC1(C)[C@H]2CC=C(COC[C@H](O)CN3CCN(S(=O)(=O)c4ccccc4)CC3)[C@H]1C2. The lowest BCUT2D eigenvalue weighted by atomic mass is 9.49. The van der Waals surface area contributed by atoms with Gasteiger partial charge in [0, 0.05) is 32.7 Å². The Morgan fingerprint density at radius 2 is 1.87 bits per heavy atom. The Balaban J connectivity index is 1.19. The molecule has 3 aliphatic carbocycles. The number of rotatable bonds is 8. The predicted octanol–water partition coefficient (Wildman–Crippen LogP) is 2.36. The van der Waals surface area contributed by atoms with Crippen molar-refractivity contribution in [1.29, 1.82) is 0 Å². The Morgan fingerprint density at radius 3 is 2.50 bits per heavy atom. The number of benzene rings is 1. The fourth-order valence-corrected chi connectivity index (χ4v) is 6.64. The molecule has 1 N–H and O–H groups in total. The van der Waals surface area contributed by atoms with E-state index in [1.807, 2.05) is 6.07 Å². The molecule has 0 radical (unpaired) electrons. The molecule has 1 saturated heterocycles. The van der Waals surface area contributed by atoms with Gasteiger partial charge in [-0.3, -0.25) is 4.90 Å². The van der Waals surface area contributed by atoms with Crippen LogP contribution < -0.4 is 0 Å². The summed E-state index contributed by atoms with van der Waals surface area (Å²) in [5, 5.41) is 10.4. The molecule has 7 heteroatoms. The monoisotopic (exact) mass is 434 g/mol. The van der Waals surface area contributed by atoms with Crippen molar-refractivity contribution in [3.05, 3.63) is 42.0 Å². The summed E-state index contributed by atoms with van der Waals surface area (Å²) in [5.74, 6) is 1.45. The van der Waals surface area contributed by atoms with Crippen molar-refractivity contribution >= 4 is 10.0 Å². The van der Waals surface area contributed by atoms with Crippen LogP contribution in [0.1, 0.15) is 26.7 Å². The Hall–Kier alpha value is -1.25. The van der Waals surface area contributed by atoms with Crippen LogP contribution in [0, 0.1) is 17.3 Å². The van der Waals surface area contributed by atoms with Crippen molar-refractivity contribution in [2.75, 3.05) is 45.9 Å². The number of hydrogen-bond donors (Lipinski definition) is 1. The number of allylic oxidation sites excluding steroid dienone is 1. The van der Waals surface area contributed by atoms with E-state index < -0.39 is 16.1 Å². The molecular weight excluding hydrogens is 400 g/mol. The molecule has 0 unspecified atom stereocenters. The normalized spacial score (nSPS) is 27.9. The van der Waals surface area contributed by atoms with Crippen LogP contribution in [0.2, 0.25) is 0 Å². The molecule has 1 aromatic rings. The van der Waals surface area contributed by atoms with Crippen LogP contribution in [0.15, 0.2) is 46.9 Å². The minimum absolute atomic E-state index is 0.316. The molecule has 4 aliphatic rings. The highest BCUT2D eigenvalue weighted by atomic mass is 32.2. The average molecular weight is 435 g/mol. The second-order valence-corrected chi connectivity index (χ2v) is 11.4. The van der Waals surface area contributed by atoms with Gasteiger partial charge in [0.1, 0.15) is 0 Å². The average Bonchev–Trinajstić information content (AvgIpc) is 2.74. The van der Waals surface area contributed by atoms with E-state index in [4.69, 9.17) is 4.74 Å². The van der Waals surface area contributed by atoms with Crippen molar-refractivity contribution in [3.63, 3.8) is 0 Å². The maximum Gasteiger partial charge on any atom is 0.243 e. The van der Waals surface area contributed by atoms with Gasteiger partial charge in [0.15, 0.2) is 0 Å². The zero-order valence-corrected chi connectivity index (χ0v) is 18.9. The highest BCUT2D eigenvalue weighted by Gasteiger charge is 2.50. The molecule has 30 heavy (non-hydrogen) atoms. The largest absolute Gasteiger partial charge is 0.389 e. The van der Waals surface area contributed by atoms with Gasteiger partial charge in [-0.15, -0.1) is 0 Å². The first-order valence-corrected chi connectivity index (χ1v) is 12.4. The van der Waals surface area contributed by atoms with Gasteiger partial charge in [0.25, 0.3) is 0 Å². The number of aliphatic hydroxyl groups excluding tert-OH is 1. The van der Waals surface area contributed by atoms with E-state index in [1.165, 1.54) is 16.3 Å². The predicted molar refractivity (Wildman–Crippen MR) is 117 cm³/mol. The number of sulfonamides is 1. The minimum atomic E-state index is -3.44. The fourth-order valence-electron chi connectivity index (χ4n) is 5.20. The Labute approximate surface area is 180 Å². The van der Waals surface area contributed by atoms with Crippen molar-refractivity contribution in [3.8, 4) is 0 Å². The standard InChI is InChI=1S/C23H34N2O4S/c1-23(2)19-9-8-18(22(23)14-19)16-29-17-20(26)15-24-10-12-25(13-11-24)30(27,28)21-6-4-3-5-7-21/h3-8,19-20,22,26H,9-17H2,1-2H3/t19-,20+,22+/m0/s1. The molecule has 2 fully saturated rings. The van der Waals surface area contributed by atoms with Crippen molar-refractivity contribution in [1.82, 2.24) is 9.21 Å². The maximum absolute atomic E-state index is 12.7. The lowest BCUT2D eigenvalue weighted by Gasteiger charge is -2.56. The summed E-state index contributed by atoms with van der Waals surface area (Å²) in [5.41, 5.74) is 1.79. The summed E-state index contributed by atoms with van der Waals surface area (Å²) in [4.78, 5) is 2.45. The maximum atomic E-state index is 12.7. The van der Waals surface area contributed by atoms with E-state index in [0.29, 0.717) is 62.2 Å². The van der Waals surface area contributed by atoms with Crippen LogP contribution >= 0.6 is 0 Å². The van der Waals surface area contributed by atoms with Gasteiger partial charge < -0.3 is 9.84 Å². The molecule has 1 heterocycles. The van der Waals surface area contributed by atoms with Crippen LogP contribution in [0.4, 0.5) is 0 Å². The van der Waals surface area contributed by atoms with E-state index in [9.17, 15) is 13.5 Å². The van der Waals surface area contributed by atoms with Gasteiger partial charge in [-0.25, -0.2) is 8.42 Å². The van der Waals surface area contributed by atoms with Gasteiger partial charge in [-0.2, -0.15) is 4.31 Å². The summed E-state index contributed by atoms with van der Waals surface area (Å²) in [6.45, 7) is 8.26. The van der Waals surface area contributed by atoms with Crippen molar-refractivity contribution < 1.29 is 18.3 Å². The summed E-state index contributed by atoms with van der Waals surface area (Å²) in [6.07, 6.45) is 4.21. The van der Waals surface area contributed by atoms with Crippen molar-refractivity contribution in [2.24, 2.45) is 17.3 Å². The molecule has 0 amide bonds. The summed E-state index contributed by atoms with van der Waals surface area (Å²) in [6, 6.07) is 8.57. The molecule has 0 spiro atoms. The molecule has 2 bridgehead atoms. The van der Waals surface area contributed by atoms with Gasteiger partial charge in [-0.1, -0.05) is 38.1 Å². The number of β-amino-alcohol motifs (C(OH)–C–C–N with tert-alkyl or cyclic N) is 1. The number of fused-ring (bicyclic) bond motifs is 1. The lowest BCUT2D eigenvalue weighted by Crippen LogP contribution is -2.50. The Morgan fingerprint density at radius 1 is 1.17 bits per heavy atom. The summed E-state index contributed by atoms with van der Waals surface area (Å²) >= 11 is 0. The third-order valence-electron chi connectivity index (χ3n) is 7.34. The minimum Gasteiger partial charge on any atom is -0.389 e. The van der Waals surface area contributed by atoms with Gasteiger partial charge in [0.2, 0.25) is 10.0 Å². The van der Waals surface area contributed by atoms with E-state index in [0.717, 1.165) is 12.3 Å². The number of hydrogen-bond acceptors (Lipinski definition) is 5. The quantitative estimate of drug-likeness (QED) is 0.636. The first kappa shape index (κ1) is 22.0. The molecule has 3 atom stereocenters. The van der Waals surface area contributed by atoms with Crippen LogP contribution in [0.3, 0.4) is 0 Å². The highest BCUT2D eigenvalue weighted by Crippen LogP contribution is 2.59. The topological polar surface area (TPSA) is 70.1 Å². The van der Waals surface area contributed by atoms with Crippen LogP contribution in [-0.4, -0.2) is 74.8 Å². The third-order valence-corrected chi connectivity index (χ3v) is 9.26. The van der Waals surface area contributed by atoms with E-state index >= 15 is 0 Å². The molecular formula is C23H34N2O4S. The molecule has 1 aromatic carbocycles. The van der Waals surface area contributed by atoms with Gasteiger partial charge in [-0.05, 0) is 47.8 Å². The van der Waals surface area contributed by atoms with E-state index in [2.05, 4.69) is 24.8 Å². The first-order valence-electron chi connectivity index (χ1n) is 11.0. The molecule has 1 saturated carbocycles. The zero-order valence-electron chi connectivity index (χ0n) is 18.0. The molecule has 1 aliphatic heterocycles. The fraction of sp³-hybridized carbons (Fsp3) is 0.652. The molecule has 166 valence electrons. The lowest BCUT2D eigenvalue weighted by molar-refractivity contribution is -0.0268. The molecule has 5 rings (SSSR count). The summed E-state index contributed by atoms with van der Waals surface area (Å²) in [7, 11) is -3.44. The Kier molecular flexibility index (Phi) is 6.38. The highest BCUT2D eigenvalue weighted by molar-refractivity contribution is 7.89. The van der Waals surface area contributed by atoms with Gasteiger partial charge in [0.05, 0.1) is 24.2 Å². The number of aliphatic hydroxyl groups is 1. The second kappa shape index (κ2) is 8.71. The van der Waals surface area contributed by atoms with Crippen LogP contribution in [0.25, 0.3) is 0 Å². The van der Waals surface area contributed by atoms with Crippen LogP contribution in [0.5, 0.6) is 0 Å². The first-order chi connectivity index (χ1) is 14.3. The zero-order chi connectivity index (χ0) is 21.4. The van der Waals surface area contributed by atoms with E-state index in [-0.39, 0.29) is 0 Å². The van der Waals surface area contributed by atoms with Crippen molar-refractivity contribution in [2.45, 2.75) is 37.7 Å². The smallest absolute Gasteiger partial charge is 0.243 e. The van der Waals surface area contributed by atoms with Crippen LogP contribution in [-0.2, 0) is 14.8 Å². The second-order valence-electron chi connectivity index (χ2n) is 9.51. The third kappa shape index (κ3) is 4.36. The summed E-state index contributed by atoms with van der Waals surface area (Å²) < 4.78 is 32.8. The number of piperazine rings is 1. The number of nitrogens with zero attached hydrogens (tertiary/aromatic N) is 2. The Bertz CT molecular complexity index is 860.